The van der Waals surface area contributed by atoms with Crippen molar-refractivity contribution >= 4 is 34.0 Å². The third-order valence-electron chi connectivity index (χ3n) is 4.19. The fourth-order valence-electron chi connectivity index (χ4n) is 2.87. The first-order chi connectivity index (χ1) is 13.2. The molecule has 7 heteroatoms. The molecule has 0 radical (unpaired) electrons. The Kier molecular flexibility index (Phi) is 4.84. The number of amides is 2. The average Bonchev–Trinajstić information content (AvgIpc) is 3.16. The number of anilines is 2. The molecule has 0 unspecified atom stereocenters. The van der Waals surface area contributed by atoms with Gasteiger partial charge in [-0.25, -0.2) is 4.98 Å². The summed E-state index contributed by atoms with van der Waals surface area (Å²) in [6.45, 7) is 0.285. The molecule has 0 saturated heterocycles. The van der Waals surface area contributed by atoms with Crippen LogP contribution in [0.15, 0.2) is 60.0 Å². The fraction of sp³-hybridized carbons (Fsp3) is 0.150. The second-order valence-electron chi connectivity index (χ2n) is 6.00. The molecule has 0 spiro atoms. The summed E-state index contributed by atoms with van der Waals surface area (Å²) in [5, 5.41) is 5.27. The van der Waals surface area contributed by atoms with Crippen molar-refractivity contribution in [2.75, 3.05) is 23.4 Å². The van der Waals surface area contributed by atoms with Crippen LogP contribution in [0.25, 0.3) is 11.3 Å². The molecule has 1 aliphatic rings. The maximum atomic E-state index is 12.3. The Morgan fingerprint density at radius 2 is 1.93 bits per heavy atom. The van der Waals surface area contributed by atoms with Crippen LogP contribution in [-0.4, -0.2) is 29.9 Å². The number of nitrogens with one attached hydrogen (secondary N) is 1. The molecule has 2 amide bonds. The van der Waals surface area contributed by atoms with E-state index in [2.05, 4.69) is 10.3 Å². The Balaban J connectivity index is 1.38. The highest BCUT2D eigenvalue weighted by Gasteiger charge is 2.25. The van der Waals surface area contributed by atoms with Crippen molar-refractivity contribution < 1.29 is 14.3 Å². The SMILES string of the molecule is O=C(CCN1C(=O)COc2ccccc21)Nc1nc(-c2ccccc2)cs1. The van der Waals surface area contributed by atoms with E-state index >= 15 is 0 Å². The van der Waals surface area contributed by atoms with Gasteiger partial charge in [0.1, 0.15) is 5.75 Å². The lowest BCUT2D eigenvalue weighted by Crippen LogP contribution is -2.40. The van der Waals surface area contributed by atoms with Crippen molar-refractivity contribution in [2.45, 2.75) is 6.42 Å². The zero-order valence-electron chi connectivity index (χ0n) is 14.4. The van der Waals surface area contributed by atoms with Gasteiger partial charge in [0.2, 0.25) is 5.91 Å². The molecule has 4 rings (SSSR count). The Labute approximate surface area is 160 Å². The van der Waals surface area contributed by atoms with E-state index in [9.17, 15) is 9.59 Å². The topological polar surface area (TPSA) is 71.5 Å². The molecule has 1 aromatic heterocycles. The number of benzene rings is 2. The number of thiazole rings is 1. The molecule has 0 fully saturated rings. The van der Waals surface area contributed by atoms with Gasteiger partial charge < -0.3 is 15.0 Å². The molecule has 2 aromatic carbocycles. The van der Waals surface area contributed by atoms with Gasteiger partial charge in [-0.05, 0) is 12.1 Å². The summed E-state index contributed by atoms with van der Waals surface area (Å²) in [5.74, 6) is 0.327. The van der Waals surface area contributed by atoms with E-state index in [1.807, 2.05) is 60.0 Å². The Morgan fingerprint density at radius 1 is 1.15 bits per heavy atom. The quantitative estimate of drug-likeness (QED) is 0.736. The van der Waals surface area contributed by atoms with Crippen LogP contribution in [0.1, 0.15) is 6.42 Å². The van der Waals surface area contributed by atoms with Gasteiger partial charge >= 0.3 is 0 Å². The number of carbonyl (C=O) groups is 2. The number of para-hydroxylation sites is 2. The summed E-state index contributed by atoms with van der Waals surface area (Å²) in [6, 6.07) is 17.1. The second-order valence-corrected chi connectivity index (χ2v) is 6.86. The van der Waals surface area contributed by atoms with Crippen LogP contribution < -0.4 is 15.0 Å². The molecule has 2 heterocycles. The van der Waals surface area contributed by atoms with Crippen LogP contribution in [0.5, 0.6) is 5.75 Å². The van der Waals surface area contributed by atoms with Crippen LogP contribution in [0, 0.1) is 0 Å². The number of rotatable bonds is 5. The minimum atomic E-state index is -0.180. The third kappa shape index (κ3) is 3.83. The Bertz CT molecular complexity index is 971. The van der Waals surface area contributed by atoms with E-state index in [4.69, 9.17) is 4.74 Å². The first-order valence-corrected chi connectivity index (χ1v) is 9.41. The molecule has 136 valence electrons. The van der Waals surface area contributed by atoms with Crippen molar-refractivity contribution in [3.8, 4) is 17.0 Å². The first-order valence-electron chi connectivity index (χ1n) is 8.54. The number of hydrogen-bond acceptors (Lipinski definition) is 5. The second kappa shape index (κ2) is 7.59. The number of fused-ring (bicyclic) bond motifs is 1. The first kappa shape index (κ1) is 17.2. The molecule has 0 saturated carbocycles. The summed E-state index contributed by atoms with van der Waals surface area (Å²) in [6.07, 6.45) is 0.181. The van der Waals surface area contributed by atoms with Gasteiger partial charge in [0.05, 0.1) is 11.4 Å². The number of hydrogen-bond donors (Lipinski definition) is 1. The third-order valence-corrected chi connectivity index (χ3v) is 4.95. The number of ether oxygens (including phenoxy) is 1. The Hall–Kier alpha value is -3.19. The van der Waals surface area contributed by atoms with Crippen molar-refractivity contribution in [3.05, 3.63) is 60.0 Å². The standard InChI is InChI=1S/C20H17N3O3S/c24-18(22-20-21-15(13-27-20)14-6-2-1-3-7-14)10-11-23-16-8-4-5-9-17(16)26-12-19(23)25/h1-9,13H,10-12H2,(H,21,22,24). The largest absolute Gasteiger partial charge is 0.482 e. The molecule has 0 aliphatic carbocycles. The molecule has 0 bridgehead atoms. The van der Waals surface area contributed by atoms with Crippen LogP contribution >= 0.6 is 11.3 Å². The molecule has 27 heavy (non-hydrogen) atoms. The highest BCUT2D eigenvalue weighted by Crippen LogP contribution is 2.31. The average molecular weight is 379 g/mol. The van der Waals surface area contributed by atoms with E-state index in [-0.39, 0.29) is 24.8 Å². The maximum absolute atomic E-state index is 12.3. The van der Waals surface area contributed by atoms with Crippen LogP contribution in [0.3, 0.4) is 0 Å². The zero-order valence-corrected chi connectivity index (χ0v) is 15.2. The van der Waals surface area contributed by atoms with Gasteiger partial charge in [0.15, 0.2) is 11.7 Å². The fourth-order valence-corrected chi connectivity index (χ4v) is 3.60. The lowest BCUT2D eigenvalue weighted by atomic mass is 10.2. The minimum absolute atomic E-state index is 0.00838. The minimum Gasteiger partial charge on any atom is -0.482 e. The number of aromatic nitrogens is 1. The summed E-state index contributed by atoms with van der Waals surface area (Å²) >= 11 is 1.38. The summed E-state index contributed by atoms with van der Waals surface area (Å²) in [5.41, 5.74) is 2.53. The summed E-state index contributed by atoms with van der Waals surface area (Å²) in [4.78, 5) is 30.5. The lowest BCUT2D eigenvalue weighted by molar-refractivity contribution is -0.121. The number of carbonyl (C=O) groups excluding carboxylic acids is 2. The molecule has 6 nitrogen and oxygen atoms in total. The molecular weight excluding hydrogens is 362 g/mol. The van der Waals surface area contributed by atoms with E-state index in [1.54, 1.807) is 4.90 Å². The van der Waals surface area contributed by atoms with Crippen LogP contribution in [0.2, 0.25) is 0 Å². The monoisotopic (exact) mass is 379 g/mol. The van der Waals surface area contributed by atoms with E-state index in [1.165, 1.54) is 11.3 Å². The Morgan fingerprint density at radius 3 is 2.78 bits per heavy atom. The summed E-state index contributed by atoms with van der Waals surface area (Å²) < 4.78 is 5.41. The van der Waals surface area contributed by atoms with E-state index in [0.717, 1.165) is 11.3 Å². The van der Waals surface area contributed by atoms with Gasteiger partial charge in [0.25, 0.3) is 5.91 Å². The van der Waals surface area contributed by atoms with Gasteiger partial charge in [0, 0.05) is 23.9 Å². The molecule has 1 N–H and O–H groups in total. The van der Waals surface area contributed by atoms with E-state index in [0.29, 0.717) is 23.1 Å². The van der Waals surface area contributed by atoms with Gasteiger partial charge in [-0.1, -0.05) is 42.5 Å². The maximum Gasteiger partial charge on any atom is 0.265 e. The van der Waals surface area contributed by atoms with Crippen molar-refractivity contribution in [1.82, 2.24) is 4.98 Å². The van der Waals surface area contributed by atoms with Crippen LogP contribution in [-0.2, 0) is 9.59 Å². The smallest absolute Gasteiger partial charge is 0.265 e. The van der Waals surface area contributed by atoms with Gasteiger partial charge in [-0.2, -0.15) is 0 Å². The van der Waals surface area contributed by atoms with Gasteiger partial charge in [-0.3, -0.25) is 9.59 Å². The highest BCUT2D eigenvalue weighted by atomic mass is 32.1. The molecular formula is C20H17N3O3S. The predicted octanol–water partition coefficient (Wildman–Crippen LogP) is 3.56. The lowest BCUT2D eigenvalue weighted by Gasteiger charge is -2.29. The molecule has 0 atom stereocenters. The predicted molar refractivity (Wildman–Crippen MR) is 105 cm³/mol. The van der Waals surface area contributed by atoms with E-state index < -0.39 is 0 Å². The zero-order chi connectivity index (χ0) is 18.6. The van der Waals surface area contributed by atoms with Crippen LogP contribution in [0.4, 0.5) is 10.8 Å². The van der Waals surface area contributed by atoms with Crippen molar-refractivity contribution in [3.63, 3.8) is 0 Å². The summed E-state index contributed by atoms with van der Waals surface area (Å²) in [7, 11) is 0. The highest BCUT2D eigenvalue weighted by molar-refractivity contribution is 7.14. The van der Waals surface area contributed by atoms with Crippen molar-refractivity contribution in [1.29, 1.82) is 0 Å². The number of nitrogens with zero attached hydrogens (tertiary/aromatic N) is 2. The van der Waals surface area contributed by atoms with Crippen molar-refractivity contribution in [2.24, 2.45) is 0 Å². The molecule has 1 aliphatic heterocycles. The molecule has 3 aromatic rings. The normalized spacial score (nSPS) is 13.0. The van der Waals surface area contributed by atoms with Gasteiger partial charge in [-0.15, -0.1) is 11.3 Å².